The van der Waals surface area contributed by atoms with Crippen LogP contribution < -0.4 is 15.6 Å². The molecular formula is C19H14BrClN2O3. The maximum Gasteiger partial charge on any atom is 0.276 e. The number of halogens is 2. The molecule has 0 saturated carbocycles. The molecule has 132 valence electrons. The van der Waals surface area contributed by atoms with Crippen LogP contribution in [-0.4, -0.2) is 18.4 Å². The lowest BCUT2D eigenvalue weighted by atomic mass is 10.1. The molecule has 0 aliphatic carbocycles. The molecule has 0 aliphatic heterocycles. The number of amides is 2. The lowest BCUT2D eigenvalue weighted by Crippen LogP contribution is -2.43. The normalized spacial score (nSPS) is 10.4. The van der Waals surface area contributed by atoms with Crippen molar-refractivity contribution in [3.63, 3.8) is 0 Å². The summed E-state index contributed by atoms with van der Waals surface area (Å²) in [6.45, 7) is -0.231. The number of benzene rings is 3. The topological polar surface area (TPSA) is 67.4 Å². The van der Waals surface area contributed by atoms with Gasteiger partial charge in [0, 0.05) is 4.47 Å². The van der Waals surface area contributed by atoms with Crippen LogP contribution in [0.25, 0.3) is 10.8 Å². The Labute approximate surface area is 163 Å². The van der Waals surface area contributed by atoms with Crippen molar-refractivity contribution in [3.05, 3.63) is 75.7 Å². The van der Waals surface area contributed by atoms with Gasteiger partial charge in [0.2, 0.25) is 0 Å². The molecule has 5 nitrogen and oxygen atoms in total. The van der Waals surface area contributed by atoms with Crippen molar-refractivity contribution in [3.8, 4) is 5.75 Å². The lowest BCUT2D eigenvalue weighted by molar-refractivity contribution is -0.123. The minimum atomic E-state index is -0.500. The molecule has 0 heterocycles. The van der Waals surface area contributed by atoms with E-state index in [-0.39, 0.29) is 12.2 Å². The van der Waals surface area contributed by atoms with Crippen LogP contribution >= 0.6 is 27.5 Å². The molecule has 0 aliphatic rings. The van der Waals surface area contributed by atoms with Gasteiger partial charge >= 0.3 is 0 Å². The second-order valence-electron chi connectivity index (χ2n) is 5.42. The number of hydrogen-bond donors (Lipinski definition) is 2. The molecule has 3 rings (SSSR count). The minimum Gasteiger partial charge on any atom is -0.484 e. The zero-order valence-corrected chi connectivity index (χ0v) is 15.8. The highest BCUT2D eigenvalue weighted by Crippen LogP contribution is 2.24. The third kappa shape index (κ3) is 4.53. The van der Waals surface area contributed by atoms with E-state index in [0.29, 0.717) is 10.8 Å². The van der Waals surface area contributed by atoms with E-state index in [2.05, 4.69) is 26.8 Å². The van der Waals surface area contributed by atoms with Gasteiger partial charge in [-0.25, -0.2) is 0 Å². The first-order chi connectivity index (χ1) is 12.5. The standard InChI is InChI=1S/C19H14BrClN2O3/c20-14-7-5-13-10-15(8-6-12(13)9-14)26-11-18(24)22-23-19(25)16-3-1-2-4-17(16)21/h1-10H,11H2,(H,22,24)(H,23,25). The predicted octanol–water partition coefficient (Wildman–Crippen LogP) is 4.10. The Morgan fingerprint density at radius 2 is 1.69 bits per heavy atom. The molecule has 0 bridgehead atoms. The molecule has 0 spiro atoms. The summed E-state index contributed by atoms with van der Waals surface area (Å²) in [5.41, 5.74) is 4.87. The van der Waals surface area contributed by atoms with Crippen LogP contribution in [0.4, 0.5) is 0 Å². The number of carbonyl (C=O) groups excluding carboxylic acids is 2. The van der Waals surface area contributed by atoms with E-state index in [0.717, 1.165) is 15.2 Å². The summed E-state index contributed by atoms with van der Waals surface area (Å²) in [6, 6.07) is 18.0. The molecule has 3 aromatic carbocycles. The predicted molar refractivity (Wildman–Crippen MR) is 104 cm³/mol. The third-order valence-electron chi connectivity index (χ3n) is 3.58. The van der Waals surface area contributed by atoms with Gasteiger partial charge in [0.25, 0.3) is 11.8 Å². The maximum absolute atomic E-state index is 12.0. The average molecular weight is 434 g/mol. The minimum absolute atomic E-state index is 0.231. The Morgan fingerprint density at radius 3 is 2.50 bits per heavy atom. The van der Waals surface area contributed by atoms with Crippen molar-refractivity contribution < 1.29 is 14.3 Å². The molecule has 2 amide bonds. The smallest absolute Gasteiger partial charge is 0.276 e. The maximum atomic E-state index is 12.0. The van der Waals surface area contributed by atoms with Crippen LogP contribution in [-0.2, 0) is 4.79 Å². The molecular weight excluding hydrogens is 420 g/mol. The summed E-state index contributed by atoms with van der Waals surface area (Å²) in [5, 5.41) is 2.36. The van der Waals surface area contributed by atoms with E-state index in [9.17, 15) is 9.59 Å². The Morgan fingerprint density at radius 1 is 0.962 bits per heavy atom. The van der Waals surface area contributed by atoms with Crippen molar-refractivity contribution >= 4 is 50.1 Å². The van der Waals surface area contributed by atoms with Crippen molar-refractivity contribution in [2.75, 3.05) is 6.61 Å². The van der Waals surface area contributed by atoms with Crippen LogP contribution in [0.2, 0.25) is 5.02 Å². The number of fused-ring (bicyclic) bond motifs is 1. The van der Waals surface area contributed by atoms with Crippen molar-refractivity contribution in [1.29, 1.82) is 0 Å². The van der Waals surface area contributed by atoms with Crippen LogP contribution in [0.1, 0.15) is 10.4 Å². The molecule has 0 unspecified atom stereocenters. The summed E-state index contributed by atoms with van der Waals surface area (Å²) in [6.07, 6.45) is 0. The van der Waals surface area contributed by atoms with Gasteiger partial charge in [-0.05, 0) is 47.2 Å². The summed E-state index contributed by atoms with van der Waals surface area (Å²) in [5.74, 6) is -0.422. The van der Waals surface area contributed by atoms with E-state index in [1.807, 2.05) is 30.3 Å². The number of hydrazine groups is 1. The zero-order valence-electron chi connectivity index (χ0n) is 13.5. The fourth-order valence-corrected chi connectivity index (χ4v) is 2.91. The van der Waals surface area contributed by atoms with E-state index < -0.39 is 11.8 Å². The zero-order chi connectivity index (χ0) is 18.5. The van der Waals surface area contributed by atoms with Gasteiger partial charge in [0.15, 0.2) is 6.61 Å². The summed E-state index contributed by atoms with van der Waals surface area (Å²) < 4.78 is 6.46. The highest BCUT2D eigenvalue weighted by atomic mass is 79.9. The molecule has 26 heavy (non-hydrogen) atoms. The van der Waals surface area contributed by atoms with E-state index in [1.165, 1.54) is 0 Å². The third-order valence-corrected chi connectivity index (χ3v) is 4.40. The van der Waals surface area contributed by atoms with E-state index in [4.69, 9.17) is 16.3 Å². The van der Waals surface area contributed by atoms with Gasteiger partial charge in [-0.2, -0.15) is 0 Å². The van der Waals surface area contributed by atoms with Gasteiger partial charge in [-0.1, -0.05) is 51.8 Å². The van der Waals surface area contributed by atoms with Crippen LogP contribution in [0.5, 0.6) is 5.75 Å². The summed E-state index contributed by atoms with van der Waals surface area (Å²) in [7, 11) is 0. The molecule has 3 aromatic rings. The van der Waals surface area contributed by atoms with E-state index in [1.54, 1.807) is 30.3 Å². The number of ether oxygens (including phenoxy) is 1. The summed E-state index contributed by atoms with van der Waals surface area (Å²) in [4.78, 5) is 23.8. The molecule has 0 saturated heterocycles. The van der Waals surface area contributed by atoms with Gasteiger partial charge in [-0.3, -0.25) is 20.4 Å². The molecule has 2 N–H and O–H groups in total. The Hall–Kier alpha value is -2.57. The fraction of sp³-hybridized carbons (Fsp3) is 0.0526. The lowest BCUT2D eigenvalue weighted by Gasteiger charge is -2.10. The molecule has 0 atom stereocenters. The SMILES string of the molecule is O=C(COc1ccc2cc(Br)ccc2c1)NNC(=O)c1ccccc1Cl. The quantitative estimate of drug-likeness (QED) is 0.609. The van der Waals surface area contributed by atoms with E-state index >= 15 is 0 Å². The Bertz CT molecular complexity index is 978. The summed E-state index contributed by atoms with van der Waals surface area (Å²) >= 11 is 9.36. The number of carbonyl (C=O) groups is 2. The molecule has 0 fully saturated rings. The second-order valence-corrected chi connectivity index (χ2v) is 6.75. The number of rotatable bonds is 4. The number of nitrogens with one attached hydrogen (secondary N) is 2. The Kier molecular flexibility index (Phi) is 5.75. The van der Waals surface area contributed by atoms with Crippen molar-refractivity contribution in [1.82, 2.24) is 10.9 Å². The van der Waals surface area contributed by atoms with Gasteiger partial charge < -0.3 is 4.74 Å². The first-order valence-electron chi connectivity index (χ1n) is 7.69. The van der Waals surface area contributed by atoms with Crippen molar-refractivity contribution in [2.24, 2.45) is 0 Å². The van der Waals surface area contributed by atoms with Gasteiger partial charge in [0.1, 0.15) is 5.75 Å². The second kappa shape index (κ2) is 8.21. The largest absolute Gasteiger partial charge is 0.484 e. The molecule has 0 aromatic heterocycles. The van der Waals surface area contributed by atoms with Gasteiger partial charge in [-0.15, -0.1) is 0 Å². The number of hydrogen-bond acceptors (Lipinski definition) is 3. The fourth-order valence-electron chi connectivity index (χ4n) is 2.31. The molecule has 0 radical (unpaired) electrons. The van der Waals surface area contributed by atoms with Crippen molar-refractivity contribution in [2.45, 2.75) is 0 Å². The van der Waals surface area contributed by atoms with Gasteiger partial charge in [0.05, 0.1) is 10.6 Å². The first kappa shape index (κ1) is 18.2. The first-order valence-corrected chi connectivity index (χ1v) is 8.86. The average Bonchev–Trinajstić information content (AvgIpc) is 2.64. The Balaban J connectivity index is 1.53. The van der Waals surface area contributed by atoms with Crippen LogP contribution in [0.3, 0.4) is 0 Å². The molecule has 7 heteroatoms. The van der Waals surface area contributed by atoms with Crippen LogP contribution in [0, 0.1) is 0 Å². The van der Waals surface area contributed by atoms with Crippen LogP contribution in [0.15, 0.2) is 65.1 Å². The highest BCUT2D eigenvalue weighted by Gasteiger charge is 2.11. The monoisotopic (exact) mass is 432 g/mol. The highest BCUT2D eigenvalue weighted by molar-refractivity contribution is 9.10.